The molecule has 5 heteroatoms. The van der Waals surface area contributed by atoms with Crippen LogP contribution in [0.4, 0.5) is 4.79 Å². The van der Waals surface area contributed by atoms with Crippen LogP contribution in [0.25, 0.3) is 0 Å². The lowest BCUT2D eigenvalue weighted by molar-refractivity contribution is -0.145. The second-order valence-corrected chi connectivity index (χ2v) is 6.03. The predicted molar refractivity (Wildman–Crippen MR) is 67.1 cm³/mol. The summed E-state index contributed by atoms with van der Waals surface area (Å²) >= 11 is 0. The summed E-state index contributed by atoms with van der Waals surface area (Å²) in [6.07, 6.45) is -0.0595. The molecule has 0 radical (unpaired) electrons. The Morgan fingerprint density at radius 3 is 2.56 bits per heavy atom. The van der Waals surface area contributed by atoms with Gasteiger partial charge in [0.2, 0.25) is 0 Å². The number of nitrogens with one attached hydrogen (secondary N) is 1. The maximum absolute atomic E-state index is 11.5. The van der Waals surface area contributed by atoms with Crippen molar-refractivity contribution in [2.75, 3.05) is 6.54 Å². The number of amides is 1. The Kier molecular flexibility index (Phi) is 4.59. The molecular weight excluding hydrogens is 234 g/mol. The third-order valence-corrected chi connectivity index (χ3v) is 2.78. The standard InChI is InChI=1S/C13H23NO4/c1-8(2)10-6-9(17-11(10)15)7-14-12(16)18-13(3,4)5/h8-10H,6-7H2,1-5H3,(H,14,16)/t9-,10?/m1/s1. The highest BCUT2D eigenvalue weighted by molar-refractivity contribution is 5.75. The van der Waals surface area contributed by atoms with Gasteiger partial charge >= 0.3 is 12.1 Å². The van der Waals surface area contributed by atoms with Crippen molar-refractivity contribution in [2.24, 2.45) is 11.8 Å². The van der Waals surface area contributed by atoms with Crippen LogP contribution in [0.1, 0.15) is 41.0 Å². The van der Waals surface area contributed by atoms with Crippen molar-refractivity contribution in [3.8, 4) is 0 Å². The Hall–Kier alpha value is -1.26. The van der Waals surface area contributed by atoms with Gasteiger partial charge in [-0.25, -0.2) is 4.79 Å². The Balaban J connectivity index is 2.34. The molecule has 0 bridgehead atoms. The average molecular weight is 257 g/mol. The molecule has 2 atom stereocenters. The highest BCUT2D eigenvalue weighted by atomic mass is 16.6. The second kappa shape index (κ2) is 5.59. The Bertz CT molecular complexity index is 319. The highest BCUT2D eigenvalue weighted by Crippen LogP contribution is 2.27. The van der Waals surface area contributed by atoms with Crippen LogP contribution < -0.4 is 5.32 Å². The maximum Gasteiger partial charge on any atom is 0.407 e. The van der Waals surface area contributed by atoms with E-state index in [1.54, 1.807) is 20.8 Å². The Labute approximate surface area is 108 Å². The van der Waals surface area contributed by atoms with Gasteiger partial charge in [-0.15, -0.1) is 0 Å². The van der Waals surface area contributed by atoms with Crippen molar-refractivity contribution in [1.82, 2.24) is 5.32 Å². The molecule has 1 amide bonds. The van der Waals surface area contributed by atoms with E-state index >= 15 is 0 Å². The lowest BCUT2D eigenvalue weighted by Crippen LogP contribution is -2.36. The predicted octanol–water partition coefficient (Wildman–Crippen LogP) is 2.10. The summed E-state index contributed by atoms with van der Waals surface area (Å²) in [6.45, 7) is 9.71. The van der Waals surface area contributed by atoms with Crippen molar-refractivity contribution >= 4 is 12.1 Å². The lowest BCUT2D eigenvalue weighted by Gasteiger charge is -2.20. The van der Waals surface area contributed by atoms with Gasteiger partial charge in [0.1, 0.15) is 11.7 Å². The number of carbonyl (C=O) groups is 2. The minimum Gasteiger partial charge on any atom is -0.460 e. The van der Waals surface area contributed by atoms with Crippen molar-refractivity contribution in [3.05, 3.63) is 0 Å². The fourth-order valence-electron chi connectivity index (χ4n) is 1.86. The molecule has 104 valence electrons. The second-order valence-electron chi connectivity index (χ2n) is 6.03. The van der Waals surface area contributed by atoms with E-state index in [4.69, 9.17) is 9.47 Å². The quantitative estimate of drug-likeness (QED) is 0.786. The number of hydrogen-bond acceptors (Lipinski definition) is 4. The Morgan fingerprint density at radius 2 is 2.11 bits per heavy atom. The number of rotatable bonds is 3. The van der Waals surface area contributed by atoms with E-state index in [0.29, 0.717) is 13.0 Å². The van der Waals surface area contributed by atoms with E-state index in [1.165, 1.54) is 0 Å². The van der Waals surface area contributed by atoms with Crippen molar-refractivity contribution < 1.29 is 19.1 Å². The molecule has 1 aliphatic heterocycles. The monoisotopic (exact) mass is 257 g/mol. The molecule has 0 aliphatic carbocycles. The van der Waals surface area contributed by atoms with E-state index in [-0.39, 0.29) is 23.9 Å². The maximum atomic E-state index is 11.5. The molecule has 0 spiro atoms. The molecule has 1 saturated heterocycles. The largest absolute Gasteiger partial charge is 0.460 e. The fourth-order valence-corrected chi connectivity index (χ4v) is 1.86. The van der Waals surface area contributed by atoms with Crippen molar-refractivity contribution in [1.29, 1.82) is 0 Å². The van der Waals surface area contributed by atoms with Crippen LogP contribution in [-0.2, 0) is 14.3 Å². The number of ether oxygens (including phenoxy) is 2. The van der Waals surface area contributed by atoms with Gasteiger partial charge in [0.15, 0.2) is 0 Å². The molecule has 1 aliphatic rings. The molecule has 1 rings (SSSR count). The summed E-state index contributed by atoms with van der Waals surface area (Å²) < 4.78 is 10.3. The van der Waals surface area contributed by atoms with Crippen LogP contribution in [-0.4, -0.2) is 30.3 Å². The zero-order valence-electron chi connectivity index (χ0n) is 11.8. The molecule has 0 aromatic carbocycles. The molecule has 1 fully saturated rings. The molecule has 1 unspecified atom stereocenters. The minimum atomic E-state index is -0.517. The van der Waals surface area contributed by atoms with E-state index in [0.717, 1.165) is 0 Å². The number of esters is 1. The van der Waals surface area contributed by atoms with Gasteiger partial charge in [-0.05, 0) is 33.1 Å². The SMILES string of the molecule is CC(C)C1C[C@H](CNC(=O)OC(C)(C)C)OC1=O. The molecule has 18 heavy (non-hydrogen) atoms. The van der Waals surface area contributed by atoms with Crippen LogP contribution in [0.5, 0.6) is 0 Å². The highest BCUT2D eigenvalue weighted by Gasteiger charge is 2.36. The van der Waals surface area contributed by atoms with E-state index in [2.05, 4.69) is 5.32 Å². The van der Waals surface area contributed by atoms with E-state index in [9.17, 15) is 9.59 Å². The molecule has 1 N–H and O–H groups in total. The van der Waals surface area contributed by atoms with Gasteiger partial charge in [0, 0.05) is 0 Å². The zero-order valence-corrected chi connectivity index (χ0v) is 11.8. The van der Waals surface area contributed by atoms with Crippen molar-refractivity contribution in [2.45, 2.75) is 52.7 Å². The number of carbonyl (C=O) groups excluding carboxylic acids is 2. The first-order valence-electron chi connectivity index (χ1n) is 6.36. The average Bonchev–Trinajstić information content (AvgIpc) is 2.54. The van der Waals surface area contributed by atoms with Gasteiger partial charge in [-0.1, -0.05) is 13.8 Å². The van der Waals surface area contributed by atoms with Crippen LogP contribution in [0, 0.1) is 11.8 Å². The summed E-state index contributed by atoms with van der Waals surface area (Å²) in [4.78, 5) is 23.0. The van der Waals surface area contributed by atoms with E-state index < -0.39 is 11.7 Å². The number of hydrogen-bond donors (Lipinski definition) is 1. The first kappa shape index (κ1) is 14.8. The van der Waals surface area contributed by atoms with Gasteiger partial charge in [0.25, 0.3) is 0 Å². The number of alkyl carbamates (subject to hydrolysis) is 1. The molecule has 1 heterocycles. The van der Waals surface area contributed by atoms with Crippen LogP contribution in [0.15, 0.2) is 0 Å². The van der Waals surface area contributed by atoms with Gasteiger partial charge in [-0.3, -0.25) is 4.79 Å². The topological polar surface area (TPSA) is 64.6 Å². The first-order chi connectivity index (χ1) is 8.19. The van der Waals surface area contributed by atoms with Crippen LogP contribution in [0.2, 0.25) is 0 Å². The third-order valence-electron chi connectivity index (χ3n) is 2.78. The summed E-state index contributed by atoms with van der Waals surface area (Å²) in [5.41, 5.74) is -0.517. The fraction of sp³-hybridized carbons (Fsp3) is 0.846. The molecule has 0 aromatic heterocycles. The lowest BCUT2D eigenvalue weighted by atomic mass is 9.93. The summed E-state index contributed by atoms with van der Waals surface area (Å²) in [6, 6.07) is 0. The number of cyclic esters (lactones) is 1. The van der Waals surface area contributed by atoms with Gasteiger partial charge in [-0.2, -0.15) is 0 Å². The third kappa shape index (κ3) is 4.55. The summed E-state index contributed by atoms with van der Waals surface area (Å²) in [7, 11) is 0. The van der Waals surface area contributed by atoms with Crippen LogP contribution in [0.3, 0.4) is 0 Å². The van der Waals surface area contributed by atoms with Gasteiger partial charge < -0.3 is 14.8 Å². The molecular formula is C13H23NO4. The zero-order chi connectivity index (χ0) is 13.9. The minimum absolute atomic E-state index is 0.0598. The normalized spacial score (nSPS) is 24.0. The smallest absolute Gasteiger partial charge is 0.407 e. The summed E-state index contributed by atoms with van der Waals surface area (Å²) in [5.74, 6) is 0.0421. The first-order valence-corrected chi connectivity index (χ1v) is 6.36. The van der Waals surface area contributed by atoms with Gasteiger partial charge in [0.05, 0.1) is 12.5 Å². The van der Waals surface area contributed by atoms with E-state index in [1.807, 2.05) is 13.8 Å². The van der Waals surface area contributed by atoms with Crippen LogP contribution >= 0.6 is 0 Å². The molecule has 5 nitrogen and oxygen atoms in total. The molecule has 0 aromatic rings. The summed E-state index contributed by atoms with van der Waals surface area (Å²) in [5, 5.41) is 2.62. The van der Waals surface area contributed by atoms with Crippen molar-refractivity contribution in [3.63, 3.8) is 0 Å². The molecule has 0 saturated carbocycles. The Morgan fingerprint density at radius 1 is 1.50 bits per heavy atom.